The minimum absolute atomic E-state index is 0.0714. The van der Waals surface area contributed by atoms with Gasteiger partial charge in [-0.05, 0) is 49.1 Å². The van der Waals surface area contributed by atoms with Gasteiger partial charge in [-0.1, -0.05) is 20.8 Å². The van der Waals surface area contributed by atoms with Gasteiger partial charge in [0.25, 0.3) is 0 Å². The summed E-state index contributed by atoms with van der Waals surface area (Å²) in [5.41, 5.74) is 7.50. The molecule has 1 rings (SSSR count). The van der Waals surface area contributed by atoms with Crippen LogP contribution in [0.25, 0.3) is 0 Å². The Morgan fingerprint density at radius 3 is 2.61 bits per heavy atom. The van der Waals surface area contributed by atoms with E-state index in [1.807, 2.05) is 0 Å². The van der Waals surface area contributed by atoms with Crippen LogP contribution in [0.15, 0.2) is 11.4 Å². The molecule has 0 bridgehead atoms. The lowest BCUT2D eigenvalue weighted by Gasteiger charge is -2.23. The van der Waals surface area contributed by atoms with Crippen molar-refractivity contribution < 1.29 is 4.74 Å². The zero-order valence-electron chi connectivity index (χ0n) is 12.1. The zero-order valence-corrected chi connectivity index (χ0v) is 12.9. The highest BCUT2D eigenvalue weighted by Gasteiger charge is 2.21. The van der Waals surface area contributed by atoms with Gasteiger partial charge in [-0.25, -0.2) is 0 Å². The van der Waals surface area contributed by atoms with E-state index >= 15 is 0 Å². The topological polar surface area (TPSA) is 35.2 Å². The maximum Gasteiger partial charge on any atom is 0.107 e. The number of aryl methyl sites for hydroxylation is 1. The Morgan fingerprint density at radius 2 is 2.11 bits per heavy atom. The van der Waals surface area contributed by atoms with Crippen molar-refractivity contribution in [2.75, 3.05) is 6.61 Å². The highest BCUT2D eigenvalue weighted by molar-refractivity contribution is 7.10. The Labute approximate surface area is 116 Å². The molecular formula is C15H27NOS. The second kappa shape index (κ2) is 7.93. The van der Waals surface area contributed by atoms with Crippen molar-refractivity contribution >= 4 is 11.3 Å². The summed E-state index contributed by atoms with van der Waals surface area (Å²) in [6.07, 6.45) is 3.36. The maximum absolute atomic E-state index is 6.20. The second-order valence-corrected chi connectivity index (χ2v) is 6.32. The summed E-state index contributed by atoms with van der Waals surface area (Å²) >= 11 is 1.76. The highest BCUT2D eigenvalue weighted by atomic mass is 32.1. The van der Waals surface area contributed by atoms with E-state index in [0.717, 1.165) is 25.4 Å². The zero-order chi connectivity index (χ0) is 13.5. The van der Waals surface area contributed by atoms with Crippen molar-refractivity contribution in [3.63, 3.8) is 0 Å². The van der Waals surface area contributed by atoms with Crippen LogP contribution >= 0.6 is 11.3 Å². The maximum atomic E-state index is 6.20. The van der Waals surface area contributed by atoms with E-state index in [1.165, 1.54) is 16.9 Å². The molecule has 0 aliphatic carbocycles. The molecule has 3 heteroatoms. The quantitative estimate of drug-likeness (QED) is 0.715. The Kier molecular flexibility index (Phi) is 6.90. The lowest BCUT2D eigenvalue weighted by molar-refractivity contribution is 0.0321. The van der Waals surface area contributed by atoms with E-state index in [9.17, 15) is 0 Å². The van der Waals surface area contributed by atoms with Gasteiger partial charge < -0.3 is 10.5 Å². The van der Waals surface area contributed by atoms with Gasteiger partial charge in [0.05, 0.1) is 0 Å². The Morgan fingerprint density at radius 1 is 1.39 bits per heavy atom. The third-order valence-corrected chi connectivity index (χ3v) is 4.32. The first kappa shape index (κ1) is 15.7. The van der Waals surface area contributed by atoms with Crippen LogP contribution in [0.2, 0.25) is 0 Å². The molecule has 2 atom stereocenters. The second-order valence-electron chi connectivity index (χ2n) is 5.37. The first-order valence-corrected chi connectivity index (χ1v) is 7.85. The van der Waals surface area contributed by atoms with Crippen LogP contribution in [0.3, 0.4) is 0 Å². The van der Waals surface area contributed by atoms with E-state index in [4.69, 9.17) is 10.5 Å². The van der Waals surface area contributed by atoms with E-state index in [2.05, 4.69) is 39.1 Å². The van der Waals surface area contributed by atoms with Crippen LogP contribution in [0, 0.1) is 12.8 Å². The summed E-state index contributed by atoms with van der Waals surface area (Å²) in [6, 6.07) is 2.24. The van der Waals surface area contributed by atoms with Crippen LogP contribution in [0.1, 0.15) is 56.6 Å². The first-order valence-electron chi connectivity index (χ1n) is 6.97. The molecule has 0 aromatic carbocycles. The normalized spacial score (nSPS) is 15.0. The van der Waals surface area contributed by atoms with E-state index in [0.29, 0.717) is 0 Å². The Bertz CT molecular complexity index is 335. The van der Waals surface area contributed by atoms with Crippen molar-refractivity contribution in [2.24, 2.45) is 11.7 Å². The number of ether oxygens (including phenoxy) is 1. The fourth-order valence-electron chi connectivity index (χ4n) is 1.99. The SMILES string of the molecule is CCC(N)C(OCCCC(C)C)c1sccc1C. The van der Waals surface area contributed by atoms with Crippen molar-refractivity contribution in [3.8, 4) is 0 Å². The van der Waals surface area contributed by atoms with Crippen LogP contribution in [0.5, 0.6) is 0 Å². The van der Waals surface area contributed by atoms with Crippen molar-refractivity contribution in [1.29, 1.82) is 0 Å². The Balaban J connectivity index is 2.55. The minimum atomic E-state index is 0.0714. The van der Waals surface area contributed by atoms with Crippen molar-refractivity contribution in [2.45, 2.75) is 59.1 Å². The molecule has 104 valence electrons. The van der Waals surface area contributed by atoms with Gasteiger partial charge in [-0.2, -0.15) is 0 Å². The molecule has 0 aliphatic rings. The van der Waals surface area contributed by atoms with Gasteiger partial charge in [0.15, 0.2) is 0 Å². The number of nitrogens with two attached hydrogens (primary N) is 1. The molecule has 2 nitrogen and oxygen atoms in total. The smallest absolute Gasteiger partial charge is 0.107 e. The summed E-state index contributed by atoms with van der Waals surface area (Å²) < 4.78 is 6.06. The van der Waals surface area contributed by atoms with Crippen LogP contribution < -0.4 is 5.73 Å². The van der Waals surface area contributed by atoms with Gasteiger partial charge in [-0.15, -0.1) is 11.3 Å². The van der Waals surface area contributed by atoms with Gasteiger partial charge >= 0.3 is 0 Å². The molecule has 0 saturated carbocycles. The Hall–Kier alpha value is -0.380. The van der Waals surface area contributed by atoms with Crippen LogP contribution in [-0.2, 0) is 4.74 Å². The van der Waals surface area contributed by atoms with Crippen molar-refractivity contribution in [1.82, 2.24) is 0 Å². The number of hydrogen-bond donors (Lipinski definition) is 1. The molecule has 0 spiro atoms. The average molecular weight is 269 g/mol. The number of hydrogen-bond acceptors (Lipinski definition) is 3. The molecule has 2 N–H and O–H groups in total. The molecule has 2 unspecified atom stereocenters. The van der Waals surface area contributed by atoms with Crippen LogP contribution in [-0.4, -0.2) is 12.6 Å². The lowest BCUT2D eigenvalue weighted by Crippen LogP contribution is -2.29. The molecular weight excluding hydrogens is 242 g/mol. The van der Waals surface area contributed by atoms with Gasteiger partial charge in [-0.3, -0.25) is 0 Å². The number of rotatable bonds is 8. The molecule has 1 heterocycles. The third-order valence-electron chi connectivity index (χ3n) is 3.24. The summed E-state index contributed by atoms with van der Waals surface area (Å²) in [4.78, 5) is 1.30. The average Bonchev–Trinajstić information content (AvgIpc) is 2.74. The monoisotopic (exact) mass is 269 g/mol. The largest absolute Gasteiger partial charge is 0.371 e. The van der Waals surface area contributed by atoms with Gasteiger partial charge in [0.2, 0.25) is 0 Å². The fraction of sp³-hybridized carbons (Fsp3) is 0.733. The van der Waals surface area contributed by atoms with Crippen molar-refractivity contribution in [3.05, 3.63) is 21.9 Å². The third kappa shape index (κ3) is 4.71. The predicted octanol–water partition coefficient (Wildman–Crippen LogP) is 4.29. The van der Waals surface area contributed by atoms with E-state index in [1.54, 1.807) is 11.3 Å². The minimum Gasteiger partial charge on any atom is -0.371 e. The predicted molar refractivity (Wildman–Crippen MR) is 80.1 cm³/mol. The highest BCUT2D eigenvalue weighted by Crippen LogP contribution is 2.30. The van der Waals surface area contributed by atoms with E-state index in [-0.39, 0.29) is 12.1 Å². The molecule has 0 amide bonds. The summed E-state index contributed by atoms with van der Waals surface area (Å²) in [5.74, 6) is 0.746. The molecule has 0 radical (unpaired) electrons. The summed E-state index contributed by atoms with van der Waals surface area (Å²) in [6.45, 7) is 9.57. The summed E-state index contributed by atoms with van der Waals surface area (Å²) in [5, 5.41) is 2.12. The molecule has 1 aromatic rings. The van der Waals surface area contributed by atoms with E-state index < -0.39 is 0 Å². The first-order chi connectivity index (χ1) is 8.56. The molecule has 0 aliphatic heterocycles. The molecule has 1 aromatic heterocycles. The standard InChI is InChI=1S/C15H27NOS/c1-5-13(16)14(15-12(4)8-10-18-15)17-9-6-7-11(2)3/h8,10-11,13-14H,5-7,9,16H2,1-4H3. The molecule has 0 saturated heterocycles. The van der Waals surface area contributed by atoms with Gasteiger partial charge in [0, 0.05) is 17.5 Å². The van der Waals surface area contributed by atoms with Crippen LogP contribution in [0.4, 0.5) is 0 Å². The lowest BCUT2D eigenvalue weighted by atomic mass is 10.1. The molecule has 18 heavy (non-hydrogen) atoms. The molecule has 0 fully saturated rings. The van der Waals surface area contributed by atoms with Gasteiger partial charge in [0.1, 0.15) is 6.10 Å². The summed E-state index contributed by atoms with van der Waals surface area (Å²) in [7, 11) is 0. The number of thiophene rings is 1. The fourth-order valence-corrected chi connectivity index (χ4v) is 3.04.